The molecule has 2 heteroatoms. The van der Waals surface area contributed by atoms with Gasteiger partial charge < -0.3 is 9.84 Å². The highest BCUT2D eigenvalue weighted by Gasteiger charge is 2.28. The van der Waals surface area contributed by atoms with Gasteiger partial charge in [0.1, 0.15) is 0 Å². The molecule has 1 aromatic rings. The van der Waals surface area contributed by atoms with Crippen molar-refractivity contribution in [2.24, 2.45) is 0 Å². The molecule has 0 bridgehead atoms. The molecule has 1 aliphatic heterocycles. The van der Waals surface area contributed by atoms with Crippen molar-refractivity contribution in [1.82, 2.24) is 0 Å². The van der Waals surface area contributed by atoms with Crippen LogP contribution >= 0.6 is 0 Å². The molecule has 1 aromatic carbocycles. The van der Waals surface area contributed by atoms with Crippen molar-refractivity contribution in [3.63, 3.8) is 0 Å². The minimum Gasteiger partial charge on any atom is -0.390 e. The molecule has 0 aliphatic carbocycles. The van der Waals surface area contributed by atoms with Gasteiger partial charge in [0.25, 0.3) is 0 Å². The summed E-state index contributed by atoms with van der Waals surface area (Å²) in [5.74, 6) is 0. The Morgan fingerprint density at radius 2 is 1.84 bits per heavy atom. The lowest BCUT2D eigenvalue weighted by Crippen LogP contribution is -2.28. The lowest BCUT2D eigenvalue weighted by Gasteiger charge is -2.21. The van der Waals surface area contributed by atoms with Gasteiger partial charge in [0.15, 0.2) is 0 Å². The number of ether oxygens (including phenoxy) is 1. The van der Waals surface area contributed by atoms with Crippen LogP contribution in [0, 0.1) is 0 Å². The summed E-state index contributed by atoms with van der Waals surface area (Å²) in [4.78, 5) is 0. The molecule has 0 radical (unpaired) electrons. The number of aliphatic hydroxyl groups excluding tert-OH is 1. The molecule has 1 fully saturated rings. The second-order valence-electron chi connectivity index (χ2n) is 6.78. The molecule has 1 heterocycles. The zero-order valence-corrected chi connectivity index (χ0v) is 12.5. The first-order chi connectivity index (χ1) is 8.86. The van der Waals surface area contributed by atoms with Crippen molar-refractivity contribution in [1.29, 1.82) is 0 Å². The summed E-state index contributed by atoms with van der Waals surface area (Å²) in [5, 5.41) is 10.2. The van der Waals surface area contributed by atoms with Gasteiger partial charge in [-0.05, 0) is 36.3 Å². The van der Waals surface area contributed by atoms with Gasteiger partial charge in [-0.1, -0.05) is 45.0 Å². The fourth-order valence-electron chi connectivity index (χ4n) is 2.63. The molecule has 0 amide bonds. The van der Waals surface area contributed by atoms with E-state index in [0.29, 0.717) is 12.5 Å². The minimum atomic E-state index is -0.384. The molecule has 106 valence electrons. The van der Waals surface area contributed by atoms with E-state index in [0.717, 1.165) is 12.8 Å². The van der Waals surface area contributed by atoms with Crippen LogP contribution in [0.3, 0.4) is 0 Å². The van der Waals surface area contributed by atoms with Gasteiger partial charge in [-0.15, -0.1) is 0 Å². The van der Waals surface area contributed by atoms with E-state index in [1.807, 2.05) is 0 Å². The largest absolute Gasteiger partial charge is 0.390 e. The Morgan fingerprint density at radius 1 is 1.21 bits per heavy atom. The topological polar surface area (TPSA) is 29.5 Å². The van der Waals surface area contributed by atoms with Crippen molar-refractivity contribution in [3.8, 4) is 0 Å². The Kier molecular flexibility index (Phi) is 4.32. The van der Waals surface area contributed by atoms with E-state index in [-0.39, 0.29) is 17.6 Å². The molecule has 1 N–H and O–H groups in total. The Morgan fingerprint density at radius 3 is 2.32 bits per heavy atom. The summed E-state index contributed by atoms with van der Waals surface area (Å²) in [6, 6.07) is 8.59. The van der Waals surface area contributed by atoms with Crippen LogP contribution in [0.1, 0.15) is 51.7 Å². The summed E-state index contributed by atoms with van der Waals surface area (Å²) in [6.07, 6.45) is 2.64. The van der Waals surface area contributed by atoms with Crippen LogP contribution in [-0.2, 0) is 16.6 Å². The van der Waals surface area contributed by atoms with Gasteiger partial charge in [-0.2, -0.15) is 0 Å². The second kappa shape index (κ2) is 5.64. The first-order valence-electron chi connectivity index (χ1n) is 7.29. The third kappa shape index (κ3) is 3.80. The monoisotopic (exact) mass is 262 g/mol. The predicted octanol–water partition coefficient (Wildman–Crippen LogP) is 3.46. The summed E-state index contributed by atoms with van der Waals surface area (Å²) >= 11 is 0. The highest BCUT2D eigenvalue weighted by Crippen LogP contribution is 2.25. The molecule has 0 saturated carbocycles. The summed E-state index contributed by atoms with van der Waals surface area (Å²) in [7, 11) is 0. The van der Waals surface area contributed by atoms with Crippen molar-refractivity contribution in [3.05, 3.63) is 35.4 Å². The highest BCUT2D eigenvalue weighted by molar-refractivity contribution is 5.27. The van der Waals surface area contributed by atoms with E-state index in [9.17, 15) is 5.11 Å². The maximum absolute atomic E-state index is 10.2. The maximum Gasteiger partial charge on any atom is 0.0842 e. The molecule has 19 heavy (non-hydrogen) atoms. The van der Waals surface area contributed by atoms with Crippen LogP contribution in [0.25, 0.3) is 0 Å². The molecule has 3 atom stereocenters. The molecule has 1 aliphatic rings. The van der Waals surface area contributed by atoms with E-state index >= 15 is 0 Å². The van der Waals surface area contributed by atoms with E-state index in [4.69, 9.17) is 4.74 Å². The van der Waals surface area contributed by atoms with E-state index in [1.165, 1.54) is 11.1 Å². The second-order valence-corrected chi connectivity index (χ2v) is 6.78. The minimum absolute atomic E-state index is 0.0114. The molecule has 2 rings (SSSR count). The zero-order valence-electron chi connectivity index (χ0n) is 12.5. The summed E-state index contributed by atoms with van der Waals surface area (Å²) in [5.41, 5.74) is 2.70. The van der Waals surface area contributed by atoms with Gasteiger partial charge in [-0.3, -0.25) is 0 Å². The van der Waals surface area contributed by atoms with Gasteiger partial charge in [0.2, 0.25) is 0 Å². The zero-order chi connectivity index (χ0) is 14.0. The lowest BCUT2D eigenvalue weighted by molar-refractivity contribution is -0.0278. The van der Waals surface area contributed by atoms with Gasteiger partial charge >= 0.3 is 0 Å². The number of benzene rings is 1. The van der Waals surface area contributed by atoms with Crippen molar-refractivity contribution in [2.75, 3.05) is 0 Å². The van der Waals surface area contributed by atoms with Crippen LogP contribution in [-0.4, -0.2) is 23.4 Å². The standard InChI is InChI=1S/C17H26O2/c1-12-5-10-16(19-12)15(18)11-13-6-8-14(9-7-13)17(2,3)4/h6-9,12,15-16,18H,5,10-11H2,1-4H3. The third-order valence-corrected chi connectivity index (χ3v) is 3.96. The van der Waals surface area contributed by atoms with Crippen molar-refractivity contribution in [2.45, 2.75) is 70.7 Å². The van der Waals surface area contributed by atoms with Crippen LogP contribution in [0.2, 0.25) is 0 Å². The van der Waals surface area contributed by atoms with Crippen molar-refractivity contribution >= 4 is 0 Å². The number of hydrogen-bond donors (Lipinski definition) is 1. The molecule has 2 nitrogen and oxygen atoms in total. The van der Waals surface area contributed by atoms with Crippen molar-refractivity contribution < 1.29 is 9.84 Å². The molecular weight excluding hydrogens is 236 g/mol. The highest BCUT2D eigenvalue weighted by atomic mass is 16.5. The average Bonchev–Trinajstić information content (AvgIpc) is 2.75. The number of hydrogen-bond acceptors (Lipinski definition) is 2. The third-order valence-electron chi connectivity index (χ3n) is 3.96. The van der Waals surface area contributed by atoms with Gasteiger partial charge in [0.05, 0.1) is 18.3 Å². The molecule has 0 aromatic heterocycles. The first-order valence-corrected chi connectivity index (χ1v) is 7.29. The maximum atomic E-state index is 10.2. The molecule has 1 saturated heterocycles. The molecule has 3 unspecified atom stereocenters. The van der Waals surface area contributed by atoms with E-state index < -0.39 is 0 Å². The van der Waals surface area contributed by atoms with Gasteiger partial charge in [0, 0.05) is 6.42 Å². The SMILES string of the molecule is CC1CCC(C(O)Cc2ccc(C(C)(C)C)cc2)O1. The van der Waals surface area contributed by atoms with Crippen LogP contribution in [0.15, 0.2) is 24.3 Å². The van der Waals surface area contributed by atoms with E-state index in [1.54, 1.807) is 0 Å². The van der Waals surface area contributed by atoms with Gasteiger partial charge in [-0.25, -0.2) is 0 Å². The van der Waals surface area contributed by atoms with E-state index in [2.05, 4.69) is 52.0 Å². The first kappa shape index (κ1) is 14.5. The van der Waals surface area contributed by atoms with Crippen LogP contribution in [0.4, 0.5) is 0 Å². The van der Waals surface area contributed by atoms with Crippen LogP contribution in [0.5, 0.6) is 0 Å². The smallest absolute Gasteiger partial charge is 0.0842 e. The fraction of sp³-hybridized carbons (Fsp3) is 0.647. The number of rotatable bonds is 3. The molecule has 0 spiro atoms. The molecular formula is C17H26O2. The fourth-order valence-corrected chi connectivity index (χ4v) is 2.63. The Bertz CT molecular complexity index is 402. The number of aliphatic hydroxyl groups is 1. The Labute approximate surface area is 116 Å². The van der Waals surface area contributed by atoms with Crippen LogP contribution < -0.4 is 0 Å². The predicted molar refractivity (Wildman–Crippen MR) is 78.4 cm³/mol. The summed E-state index contributed by atoms with van der Waals surface area (Å²) < 4.78 is 5.72. The quantitative estimate of drug-likeness (QED) is 0.904. The average molecular weight is 262 g/mol. The lowest BCUT2D eigenvalue weighted by atomic mass is 9.86. The Balaban J connectivity index is 1.96. The normalized spacial score (nSPS) is 25.5. The summed E-state index contributed by atoms with van der Waals surface area (Å²) in [6.45, 7) is 8.71. The Hall–Kier alpha value is -0.860.